The third-order valence-corrected chi connectivity index (χ3v) is 5.99. The van der Waals surface area contributed by atoms with Gasteiger partial charge in [-0.25, -0.2) is 0 Å². The van der Waals surface area contributed by atoms with Crippen LogP contribution in [0.3, 0.4) is 0 Å². The molecule has 0 spiro atoms. The van der Waals surface area contributed by atoms with Crippen LogP contribution in [0.2, 0.25) is 0 Å². The van der Waals surface area contributed by atoms with Crippen molar-refractivity contribution < 1.29 is 34.5 Å². The highest BCUT2D eigenvalue weighted by molar-refractivity contribution is 9.09. The minimum Gasteiger partial charge on any atom is -0.379 e. The maximum Gasteiger partial charge on any atom is 0.239 e. The number of hydrogen-bond donors (Lipinski definition) is 10. The normalized spacial score (nSPS) is 15.9. The summed E-state index contributed by atoms with van der Waals surface area (Å²) < 4.78 is 0. The van der Waals surface area contributed by atoms with Gasteiger partial charge < -0.3 is 42.3 Å². The molecule has 4 unspecified atom stereocenters. The van der Waals surface area contributed by atoms with E-state index in [9.17, 15) is 29.4 Å². The third-order valence-electron chi connectivity index (χ3n) is 5.48. The monoisotopic (exact) mass is 619 g/mol. The molecule has 4 atom stereocenters. The fraction of sp³-hybridized carbons (Fsp3) is 0.667. The number of allylic oxidation sites excluding steroid dienone is 3. The number of carbonyl (C=O) groups excluding carboxylic acids is 4. The number of aliphatic hydroxyl groups excluding tert-OH is 3. The van der Waals surface area contributed by atoms with Crippen molar-refractivity contribution in [3.8, 4) is 0 Å². The van der Waals surface area contributed by atoms with E-state index in [1.807, 2.05) is 18.2 Å². The first-order chi connectivity index (χ1) is 18.6. The van der Waals surface area contributed by atoms with Gasteiger partial charge in [-0.3, -0.25) is 29.8 Å². The summed E-state index contributed by atoms with van der Waals surface area (Å²) in [4.78, 5) is 47.8. The Labute approximate surface area is 236 Å². The van der Waals surface area contributed by atoms with Crippen molar-refractivity contribution >= 4 is 39.6 Å². The number of aliphatic hydroxyl groups is 3. The molecule has 39 heavy (non-hydrogen) atoms. The molecule has 222 valence electrons. The van der Waals surface area contributed by atoms with Gasteiger partial charge in [0, 0.05) is 13.0 Å². The van der Waals surface area contributed by atoms with Gasteiger partial charge in [0.1, 0.15) is 18.7 Å². The summed E-state index contributed by atoms with van der Waals surface area (Å²) in [5.74, 6) is -1.66. The molecule has 0 saturated carbocycles. The lowest BCUT2D eigenvalue weighted by atomic mass is 9.99. The quantitative estimate of drug-likeness (QED) is 0.0381. The van der Waals surface area contributed by atoms with E-state index in [0.717, 1.165) is 18.4 Å². The van der Waals surface area contributed by atoms with Crippen molar-refractivity contribution in [2.45, 2.75) is 63.3 Å². The Morgan fingerprint density at radius 1 is 0.923 bits per heavy atom. The predicted octanol–water partition coefficient (Wildman–Crippen LogP) is -2.86. The Hall–Kier alpha value is -2.40. The molecule has 0 aliphatic heterocycles. The van der Waals surface area contributed by atoms with E-state index in [4.69, 9.17) is 10.8 Å². The highest BCUT2D eigenvalue weighted by Gasteiger charge is 2.23. The van der Waals surface area contributed by atoms with Crippen molar-refractivity contribution in [3.05, 3.63) is 23.8 Å². The first-order valence-corrected chi connectivity index (χ1v) is 14.0. The van der Waals surface area contributed by atoms with Gasteiger partial charge in [0.15, 0.2) is 0 Å². The molecule has 14 nitrogen and oxygen atoms in total. The first kappa shape index (κ1) is 34.6. The maximum atomic E-state index is 12.9. The van der Waals surface area contributed by atoms with Crippen LogP contribution in [-0.4, -0.2) is 102 Å². The summed E-state index contributed by atoms with van der Waals surface area (Å²) in [6.07, 6.45) is 5.68. The van der Waals surface area contributed by atoms with Crippen LogP contribution in [-0.2, 0) is 19.2 Å². The molecule has 0 fully saturated rings. The molecular weight excluding hydrogens is 578 g/mol. The van der Waals surface area contributed by atoms with E-state index in [1.54, 1.807) is 0 Å². The van der Waals surface area contributed by atoms with Gasteiger partial charge in [0.2, 0.25) is 23.6 Å². The Balaban J connectivity index is 2.47. The maximum absolute atomic E-state index is 12.9. The number of nitrogens with one attached hydrogen (secondary N) is 6. The van der Waals surface area contributed by atoms with E-state index >= 15 is 0 Å². The van der Waals surface area contributed by atoms with E-state index in [0.29, 0.717) is 19.4 Å². The molecule has 15 heteroatoms. The number of hydrogen-bond acceptors (Lipinski definition) is 10. The molecule has 0 radical (unpaired) electrons. The van der Waals surface area contributed by atoms with E-state index in [2.05, 4.69) is 47.8 Å². The molecule has 0 aromatic heterocycles. The van der Waals surface area contributed by atoms with Gasteiger partial charge in [-0.15, -0.1) is 0 Å². The summed E-state index contributed by atoms with van der Waals surface area (Å²) in [6.45, 7) is -0.0672. The van der Waals surface area contributed by atoms with Gasteiger partial charge in [-0.05, 0) is 38.6 Å². The Morgan fingerprint density at radius 3 is 2.33 bits per heavy atom. The van der Waals surface area contributed by atoms with Gasteiger partial charge in [0.25, 0.3) is 0 Å². The van der Waals surface area contributed by atoms with Crippen LogP contribution in [0.25, 0.3) is 0 Å². The SMILES string of the molecule is NC(O)CCCNC(O)CNC(=O)C(CC1=CCCC=C1)NC(O)CNC(=O)CNC(=O)CCNC(=O)CBr. The van der Waals surface area contributed by atoms with Gasteiger partial charge in [0.05, 0.1) is 31.0 Å². The third kappa shape index (κ3) is 17.7. The molecule has 0 aromatic rings. The van der Waals surface area contributed by atoms with Crippen molar-refractivity contribution in [1.29, 1.82) is 0 Å². The number of alkyl halides is 1. The lowest BCUT2D eigenvalue weighted by Crippen LogP contribution is -2.54. The fourth-order valence-corrected chi connectivity index (χ4v) is 3.65. The largest absolute Gasteiger partial charge is 0.379 e. The van der Waals surface area contributed by atoms with Gasteiger partial charge in [-0.2, -0.15) is 0 Å². The number of nitrogens with two attached hydrogens (primary N) is 1. The highest BCUT2D eigenvalue weighted by Crippen LogP contribution is 2.15. The molecular formula is C24H42BrN7O7. The average Bonchev–Trinajstić information content (AvgIpc) is 2.91. The summed E-state index contributed by atoms with van der Waals surface area (Å²) in [5, 5.41) is 45.3. The molecule has 4 amide bonds. The molecule has 1 aliphatic carbocycles. The smallest absolute Gasteiger partial charge is 0.239 e. The minimum absolute atomic E-state index is 0.0122. The second-order valence-electron chi connectivity index (χ2n) is 8.94. The van der Waals surface area contributed by atoms with Crippen molar-refractivity contribution in [2.75, 3.05) is 38.1 Å². The molecule has 11 N–H and O–H groups in total. The average molecular weight is 621 g/mol. The fourth-order valence-electron chi connectivity index (χ4n) is 3.45. The van der Waals surface area contributed by atoms with E-state index < -0.39 is 42.4 Å². The molecule has 0 saturated heterocycles. The Bertz CT molecular complexity index is 842. The van der Waals surface area contributed by atoms with Crippen LogP contribution in [0.1, 0.15) is 38.5 Å². The zero-order chi connectivity index (χ0) is 29.0. The predicted molar refractivity (Wildman–Crippen MR) is 148 cm³/mol. The summed E-state index contributed by atoms with van der Waals surface area (Å²) >= 11 is 2.99. The van der Waals surface area contributed by atoms with Crippen molar-refractivity contribution in [3.63, 3.8) is 0 Å². The lowest BCUT2D eigenvalue weighted by Gasteiger charge is -2.24. The lowest BCUT2D eigenvalue weighted by molar-refractivity contribution is -0.127. The van der Waals surface area contributed by atoms with Gasteiger partial charge >= 0.3 is 0 Å². The minimum atomic E-state index is -1.27. The topological polar surface area (TPSA) is 227 Å². The van der Waals surface area contributed by atoms with E-state index in [1.165, 1.54) is 0 Å². The first-order valence-electron chi connectivity index (χ1n) is 12.9. The number of halogens is 1. The number of amides is 4. The summed E-state index contributed by atoms with van der Waals surface area (Å²) in [5.41, 5.74) is 6.19. The number of carbonyl (C=O) groups is 4. The second-order valence-corrected chi connectivity index (χ2v) is 9.50. The second kappa shape index (κ2) is 20.5. The van der Waals surface area contributed by atoms with E-state index in [-0.39, 0.29) is 50.3 Å². The molecule has 0 bridgehead atoms. The zero-order valence-corrected chi connectivity index (χ0v) is 23.5. The van der Waals surface area contributed by atoms with Crippen molar-refractivity contribution in [2.24, 2.45) is 5.73 Å². The highest BCUT2D eigenvalue weighted by atomic mass is 79.9. The van der Waals surface area contributed by atoms with Gasteiger partial charge in [-0.1, -0.05) is 39.7 Å². The van der Waals surface area contributed by atoms with Crippen LogP contribution in [0.4, 0.5) is 0 Å². The summed E-state index contributed by atoms with van der Waals surface area (Å²) in [6, 6.07) is -0.847. The molecule has 0 heterocycles. The zero-order valence-electron chi connectivity index (χ0n) is 22.0. The standard InChI is InChI=1S/C24H42BrN7O7/c25-12-20(35)28-10-8-19(34)29-13-22(37)30-15-23(38)32-17(11-16-5-2-1-3-6-16)24(39)31-14-21(36)27-9-4-7-18(26)33/h2,5-6,17-18,21,23,27,32-33,36,38H,1,3-4,7-15,26H2,(H,28,35)(H,29,34)(H,30,37)(H,31,39). The van der Waals surface area contributed by atoms with Crippen LogP contribution in [0.5, 0.6) is 0 Å². The Morgan fingerprint density at radius 2 is 1.67 bits per heavy atom. The molecule has 0 aromatic carbocycles. The Kier molecular flexibility index (Phi) is 18.2. The summed E-state index contributed by atoms with van der Waals surface area (Å²) in [7, 11) is 0. The molecule has 1 aliphatic rings. The molecule has 1 rings (SSSR count). The van der Waals surface area contributed by atoms with Crippen LogP contribution < -0.4 is 37.6 Å². The number of rotatable bonds is 20. The van der Waals surface area contributed by atoms with Crippen LogP contribution >= 0.6 is 15.9 Å². The van der Waals surface area contributed by atoms with Crippen LogP contribution in [0.15, 0.2) is 23.8 Å². The van der Waals surface area contributed by atoms with Crippen molar-refractivity contribution in [1.82, 2.24) is 31.9 Å². The van der Waals surface area contributed by atoms with Crippen LogP contribution in [0, 0.1) is 0 Å².